The van der Waals surface area contributed by atoms with Gasteiger partial charge in [0.25, 0.3) is 0 Å². The molecule has 8 nitrogen and oxygen atoms in total. The van der Waals surface area contributed by atoms with Gasteiger partial charge in [0.2, 0.25) is 17.6 Å². The van der Waals surface area contributed by atoms with Crippen molar-refractivity contribution < 1.29 is 23.6 Å². The third kappa shape index (κ3) is 4.64. The van der Waals surface area contributed by atoms with Crippen LogP contribution in [0.1, 0.15) is 38.0 Å². The van der Waals surface area contributed by atoms with Crippen LogP contribution in [0.5, 0.6) is 5.75 Å². The minimum absolute atomic E-state index is 0.108. The molecule has 144 valence electrons. The summed E-state index contributed by atoms with van der Waals surface area (Å²) in [6, 6.07) is 7.45. The molecule has 1 aromatic carbocycles. The Morgan fingerprint density at radius 1 is 1.22 bits per heavy atom. The summed E-state index contributed by atoms with van der Waals surface area (Å²) < 4.78 is 15.4. The predicted molar refractivity (Wildman–Crippen MR) is 96.1 cm³/mol. The lowest BCUT2D eigenvalue weighted by atomic mass is 9.96. The summed E-state index contributed by atoms with van der Waals surface area (Å²) in [4.78, 5) is 29.8. The maximum Gasteiger partial charge on any atom is 0.315 e. The molecular formula is C19H23N3O5. The van der Waals surface area contributed by atoms with Gasteiger partial charge in [0, 0.05) is 24.6 Å². The van der Waals surface area contributed by atoms with E-state index >= 15 is 0 Å². The van der Waals surface area contributed by atoms with Gasteiger partial charge in [-0.25, -0.2) is 0 Å². The first-order valence-electron chi connectivity index (χ1n) is 9.02. The Hall–Kier alpha value is -2.90. The Balaban J connectivity index is 1.56. The van der Waals surface area contributed by atoms with Crippen LogP contribution in [0, 0.1) is 0 Å². The third-order valence-corrected chi connectivity index (χ3v) is 4.59. The molecule has 0 unspecified atom stereocenters. The highest BCUT2D eigenvalue weighted by Gasteiger charge is 2.28. The molecule has 0 radical (unpaired) electrons. The summed E-state index contributed by atoms with van der Waals surface area (Å²) in [5.74, 6) is 1.31. The predicted octanol–water partition coefficient (Wildman–Crippen LogP) is 2.40. The van der Waals surface area contributed by atoms with E-state index in [0.29, 0.717) is 24.8 Å². The number of piperidine rings is 1. The largest absolute Gasteiger partial charge is 0.497 e. The molecule has 2 heterocycles. The molecule has 27 heavy (non-hydrogen) atoms. The molecule has 8 heteroatoms. The second-order valence-electron chi connectivity index (χ2n) is 6.32. The smallest absolute Gasteiger partial charge is 0.315 e. The molecular weight excluding hydrogens is 350 g/mol. The Kier molecular flexibility index (Phi) is 6.05. The van der Waals surface area contributed by atoms with Crippen LogP contribution >= 0.6 is 0 Å². The Morgan fingerprint density at radius 3 is 2.56 bits per heavy atom. The first-order chi connectivity index (χ1) is 13.1. The van der Waals surface area contributed by atoms with Crippen LogP contribution in [-0.2, 0) is 14.3 Å². The number of methoxy groups -OCH3 is 1. The average molecular weight is 373 g/mol. The zero-order valence-corrected chi connectivity index (χ0v) is 15.5. The molecule has 1 fully saturated rings. The van der Waals surface area contributed by atoms with Crippen LogP contribution in [0.15, 0.2) is 28.8 Å². The highest BCUT2D eigenvalue weighted by Crippen LogP contribution is 2.29. The van der Waals surface area contributed by atoms with Gasteiger partial charge in [-0.15, -0.1) is 0 Å². The number of carbonyl (C=O) groups excluding carboxylic acids is 2. The maximum absolute atomic E-state index is 12.1. The van der Waals surface area contributed by atoms with Crippen LogP contribution < -0.4 is 4.74 Å². The number of aromatic nitrogens is 2. The van der Waals surface area contributed by atoms with Crippen molar-refractivity contribution >= 4 is 11.9 Å². The van der Waals surface area contributed by atoms with Crippen molar-refractivity contribution in [3.05, 3.63) is 30.2 Å². The minimum atomic E-state index is -0.481. The summed E-state index contributed by atoms with van der Waals surface area (Å²) >= 11 is 0. The molecule has 3 rings (SSSR count). The second kappa shape index (κ2) is 8.66. The van der Waals surface area contributed by atoms with E-state index in [1.807, 2.05) is 24.3 Å². The summed E-state index contributed by atoms with van der Waals surface area (Å²) in [5, 5.41) is 4.06. The zero-order valence-electron chi connectivity index (χ0n) is 15.5. The first kappa shape index (κ1) is 18.9. The molecule has 2 aromatic rings. The zero-order chi connectivity index (χ0) is 19.2. The normalized spacial score (nSPS) is 14.8. The van der Waals surface area contributed by atoms with Gasteiger partial charge in [0.15, 0.2) is 0 Å². The molecule has 1 aliphatic rings. The highest BCUT2D eigenvalue weighted by atomic mass is 16.5. The number of hydrogen-bond acceptors (Lipinski definition) is 7. The number of amides is 1. The van der Waals surface area contributed by atoms with Crippen molar-refractivity contribution in [1.29, 1.82) is 0 Å². The average Bonchev–Trinajstić information content (AvgIpc) is 3.18. The van der Waals surface area contributed by atoms with E-state index in [1.54, 1.807) is 18.9 Å². The molecule has 0 saturated carbocycles. The van der Waals surface area contributed by atoms with Crippen molar-refractivity contribution in [3.63, 3.8) is 0 Å². The monoisotopic (exact) mass is 373 g/mol. The fourth-order valence-corrected chi connectivity index (χ4v) is 3.08. The second-order valence-corrected chi connectivity index (χ2v) is 6.32. The number of hydrogen-bond donors (Lipinski definition) is 0. The fourth-order valence-electron chi connectivity index (χ4n) is 3.08. The van der Waals surface area contributed by atoms with Crippen molar-refractivity contribution in [1.82, 2.24) is 15.0 Å². The van der Waals surface area contributed by atoms with Gasteiger partial charge in [-0.3, -0.25) is 9.59 Å². The number of carbonyl (C=O) groups is 2. The maximum atomic E-state index is 12.1. The van der Waals surface area contributed by atoms with Gasteiger partial charge in [-0.2, -0.15) is 4.98 Å². The molecule has 1 aromatic heterocycles. The van der Waals surface area contributed by atoms with Gasteiger partial charge < -0.3 is 18.9 Å². The molecule has 0 atom stereocenters. The van der Waals surface area contributed by atoms with Crippen molar-refractivity contribution in [2.75, 3.05) is 26.8 Å². The van der Waals surface area contributed by atoms with Crippen LogP contribution in [0.4, 0.5) is 0 Å². The van der Waals surface area contributed by atoms with Crippen LogP contribution in [0.2, 0.25) is 0 Å². The molecule has 0 bridgehead atoms. The van der Waals surface area contributed by atoms with E-state index in [9.17, 15) is 9.59 Å². The number of likely N-dealkylation sites (tertiary alicyclic amines) is 1. The summed E-state index contributed by atoms with van der Waals surface area (Å²) in [5.41, 5.74) is 0.854. The quantitative estimate of drug-likeness (QED) is 0.567. The van der Waals surface area contributed by atoms with Crippen LogP contribution in [0.25, 0.3) is 11.4 Å². The van der Waals surface area contributed by atoms with Crippen LogP contribution in [0.3, 0.4) is 0 Å². The summed E-state index contributed by atoms with van der Waals surface area (Å²) in [6.45, 7) is 3.12. The number of benzene rings is 1. The van der Waals surface area contributed by atoms with E-state index in [0.717, 1.165) is 24.2 Å². The molecule has 0 N–H and O–H groups in total. The number of ether oxygens (including phenoxy) is 2. The Labute approximate surface area is 157 Å². The third-order valence-electron chi connectivity index (χ3n) is 4.59. The lowest BCUT2D eigenvalue weighted by molar-refractivity contribution is -0.149. The van der Waals surface area contributed by atoms with Gasteiger partial charge in [0.1, 0.15) is 12.2 Å². The van der Waals surface area contributed by atoms with E-state index in [4.69, 9.17) is 14.0 Å². The molecule has 1 aliphatic heterocycles. The Bertz CT molecular complexity index is 779. The summed E-state index contributed by atoms with van der Waals surface area (Å²) in [7, 11) is 1.62. The van der Waals surface area contributed by atoms with E-state index < -0.39 is 5.97 Å². The molecule has 0 aliphatic carbocycles. The van der Waals surface area contributed by atoms with Crippen molar-refractivity contribution in [3.8, 4) is 17.1 Å². The van der Waals surface area contributed by atoms with Gasteiger partial charge in [-0.1, -0.05) is 5.16 Å². The molecule has 1 amide bonds. The van der Waals surface area contributed by atoms with E-state index in [2.05, 4.69) is 10.1 Å². The summed E-state index contributed by atoms with van der Waals surface area (Å²) in [6.07, 6.45) is 1.23. The Morgan fingerprint density at radius 2 is 1.93 bits per heavy atom. The van der Waals surface area contributed by atoms with Gasteiger partial charge >= 0.3 is 5.97 Å². The van der Waals surface area contributed by atoms with E-state index in [1.165, 1.54) is 0 Å². The fraction of sp³-hybridized carbons (Fsp3) is 0.474. The van der Waals surface area contributed by atoms with Crippen molar-refractivity contribution in [2.45, 2.75) is 32.1 Å². The molecule has 0 spiro atoms. The standard InChI is InChI=1S/C19H23N3O5/c1-3-26-17(24)12-16(23)22-10-8-14(9-11-22)19-20-18(21-27-19)13-4-6-15(25-2)7-5-13/h4-7,14H,3,8-12H2,1-2H3. The minimum Gasteiger partial charge on any atom is -0.497 e. The first-order valence-corrected chi connectivity index (χ1v) is 9.02. The lowest BCUT2D eigenvalue weighted by Crippen LogP contribution is -2.39. The SMILES string of the molecule is CCOC(=O)CC(=O)N1CCC(c2nc(-c3ccc(OC)cc3)no2)CC1. The highest BCUT2D eigenvalue weighted by molar-refractivity contribution is 5.94. The lowest BCUT2D eigenvalue weighted by Gasteiger charge is -2.30. The van der Waals surface area contributed by atoms with Crippen molar-refractivity contribution in [2.24, 2.45) is 0 Å². The van der Waals surface area contributed by atoms with Crippen LogP contribution in [-0.4, -0.2) is 53.7 Å². The molecule has 1 saturated heterocycles. The topological polar surface area (TPSA) is 94.8 Å². The number of rotatable bonds is 6. The number of esters is 1. The van der Waals surface area contributed by atoms with Gasteiger partial charge in [-0.05, 0) is 44.0 Å². The number of nitrogens with zero attached hydrogens (tertiary/aromatic N) is 3. The van der Waals surface area contributed by atoms with Gasteiger partial charge in [0.05, 0.1) is 13.7 Å². The van der Waals surface area contributed by atoms with E-state index in [-0.39, 0.29) is 24.9 Å².